The molecule has 0 spiro atoms. The van der Waals surface area contributed by atoms with Crippen molar-refractivity contribution in [3.63, 3.8) is 0 Å². The summed E-state index contributed by atoms with van der Waals surface area (Å²) in [5.74, 6) is 7.30. The van der Waals surface area contributed by atoms with Crippen LogP contribution in [0.25, 0.3) is 0 Å². The molecule has 34 heavy (non-hydrogen) atoms. The van der Waals surface area contributed by atoms with Crippen molar-refractivity contribution < 1.29 is 9.47 Å². The molecule has 0 amide bonds. The van der Waals surface area contributed by atoms with E-state index in [2.05, 4.69) is 18.2 Å². The van der Waals surface area contributed by atoms with Crippen LogP contribution in [0.2, 0.25) is 0 Å². The third kappa shape index (κ3) is 3.89. The van der Waals surface area contributed by atoms with E-state index in [0.29, 0.717) is 5.92 Å². The fourth-order valence-corrected chi connectivity index (χ4v) is 7.06. The highest BCUT2D eigenvalue weighted by atomic mass is 16.5. The van der Waals surface area contributed by atoms with Crippen LogP contribution in [0.1, 0.15) is 54.7 Å². The Kier molecular flexibility index (Phi) is 5.20. The van der Waals surface area contributed by atoms with Crippen LogP contribution in [-0.4, -0.2) is 0 Å². The van der Waals surface area contributed by atoms with Gasteiger partial charge in [0.1, 0.15) is 23.0 Å². The topological polar surface area (TPSA) is 70.5 Å². The molecular formula is C30H34N2O2. The summed E-state index contributed by atoms with van der Waals surface area (Å²) in [5.41, 5.74) is 17.0. The van der Waals surface area contributed by atoms with E-state index in [-0.39, 0.29) is 0 Å². The number of nitrogens with two attached hydrogens (primary N) is 2. The summed E-state index contributed by atoms with van der Waals surface area (Å²) in [4.78, 5) is 0. The molecule has 7 rings (SSSR count). The second-order valence-electron chi connectivity index (χ2n) is 10.9. The number of ether oxygens (including phenoxy) is 2. The van der Waals surface area contributed by atoms with Gasteiger partial charge in [-0.2, -0.15) is 0 Å². The highest BCUT2D eigenvalue weighted by Crippen LogP contribution is 2.61. The van der Waals surface area contributed by atoms with Gasteiger partial charge in [0.15, 0.2) is 0 Å². The first-order valence-electron chi connectivity index (χ1n) is 12.6. The Labute approximate surface area is 202 Å². The monoisotopic (exact) mass is 454 g/mol. The summed E-state index contributed by atoms with van der Waals surface area (Å²) >= 11 is 0. The lowest BCUT2D eigenvalue weighted by molar-refractivity contribution is -0.00337. The van der Waals surface area contributed by atoms with Crippen molar-refractivity contribution in [1.82, 2.24) is 0 Å². The van der Waals surface area contributed by atoms with Crippen LogP contribution in [0.5, 0.6) is 23.0 Å². The van der Waals surface area contributed by atoms with E-state index in [1.165, 1.54) is 37.7 Å². The molecule has 4 aliphatic rings. The highest BCUT2D eigenvalue weighted by molar-refractivity contribution is 5.53. The maximum absolute atomic E-state index is 6.57. The largest absolute Gasteiger partial charge is 0.457 e. The lowest BCUT2D eigenvalue weighted by atomic mass is 9.50. The predicted octanol–water partition coefficient (Wildman–Crippen LogP) is 7.59. The quantitative estimate of drug-likeness (QED) is 0.390. The molecule has 3 aromatic carbocycles. The number of hydrogen-bond acceptors (Lipinski definition) is 4. The molecule has 176 valence electrons. The molecular weight excluding hydrogens is 420 g/mol. The van der Waals surface area contributed by atoms with Gasteiger partial charge in [-0.05, 0) is 135 Å². The summed E-state index contributed by atoms with van der Waals surface area (Å²) in [5, 5.41) is 0. The molecule has 0 unspecified atom stereocenters. The Morgan fingerprint density at radius 3 is 1.68 bits per heavy atom. The molecule has 0 heterocycles. The molecule has 3 aromatic rings. The third-order valence-corrected chi connectivity index (χ3v) is 8.52. The van der Waals surface area contributed by atoms with Crippen molar-refractivity contribution in [3.8, 4) is 23.0 Å². The van der Waals surface area contributed by atoms with Gasteiger partial charge >= 0.3 is 0 Å². The van der Waals surface area contributed by atoms with Crippen molar-refractivity contribution in [2.45, 2.75) is 51.9 Å². The molecule has 0 atom stereocenters. The number of anilines is 2. The second kappa shape index (κ2) is 8.26. The first-order chi connectivity index (χ1) is 16.4. The van der Waals surface area contributed by atoms with Crippen molar-refractivity contribution in [2.24, 2.45) is 23.7 Å². The van der Waals surface area contributed by atoms with Gasteiger partial charge in [-0.15, -0.1) is 0 Å². The van der Waals surface area contributed by atoms with E-state index in [0.717, 1.165) is 69.2 Å². The molecule has 0 aromatic heterocycles. The molecule has 0 radical (unpaired) electrons. The van der Waals surface area contributed by atoms with Crippen molar-refractivity contribution in [2.75, 3.05) is 11.5 Å². The zero-order valence-electron chi connectivity index (χ0n) is 20.1. The summed E-state index contributed by atoms with van der Waals surface area (Å²) in [7, 11) is 0. The normalized spacial score (nSPS) is 27.1. The summed E-state index contributed by atoms with van der Waals surface area (Å²) < 4.78 is 12.8. The first kappa shape index (κ1) is 21.4. The Bertz CT molecular complexity index is 1210. The van der Waals surface area contributed by atoms with E-state index in [1.54, 1.807) is 0 Å². The third-order valence-electron chi connectivity index (χ3n) is 8.52. The first-order valence-corrected chi connectivity index (χ1v) is 12.6. The van der Waals surface area contributed by atoms with Crippen LogP contribution in [-0.2, 0) is 0 Å². The van der Waals surface area contributed by atoms with Gasteiger partial charge < -0.3 is 20.9 Å². The van der Waals surface area contributed by atoms with Crippen LogP contribution in [0, 0.1) is 37.5 Å². The molecule has 4 bridgehead atoms. The van der Waals surface area contributed by atoms with E-state index < -0.39 is 0 Å². The minimum Gasteiger partial charge on any atom is -0.457 e. The van der Waals surface area contributed by atoms with Crippen LogP contribution in [0.15, 0.2) is 54.6 Å². The number of aryl methyl sites for hydroxylation is 2. The molecule has 4 fully saturated rings. The molecule has 4 heteroatoms. The smallest absolute Gasteiger partial charge is 0.134 e. The SMILES string of the molecule is Cc1cc(Oc2ccc(C3C4CC5CC(C4)CC3C5)c(Oc3ccc(N)c(C)c3)c2)ccc1N. The van der Waals surface area contributed by atoms with E-state index >= 15 is 0 Å². The Balaban J connectivity index is 1.36. The van der Waals surface area contributed by atoms with Crippen LogP contribution in [0.3, 0.4) is 0 Å². The van der Waals surface area contributed by atoms with Crippen molar-refractivity contribution in [1.29, 1.82) is 0 Å². The van der Waals surface area contributed by atoms with Gasteiger partial charge in [0.25, 0.3) is 0 Å². The van der Waals surface area contributed by atoms with E-state index in [4.69, 9.17) is 20.9 Å². The van der Waals surface area contributed by atoms with Crippen LogP contribution in [0.4, 0.5) is 11.4 Å². The van der Waals surface area contributed by atoms with Crippen molar-refractivity contribution >= 4 is 11.4 Å². The van der Waals surface area contributed by atoms with Gasteiger partial charge in [0.05, 0.1) is 0 Å². The van der Waals surface area contributed by atoms with Gasteiger partial charge in [-0.1, -0.05) is 6.07 Å². The minimum absolute atomic E-state index is 0.575. The number of nitrogen functional groups attached to an aromatic ring is 2. The standard InChI is InChI=1S/C30H34N2O2/c1-17-9-23(4-7-27(17)31)33-25-3-6-26(29(16-25)34-24-5-8-28(32)18(2)10-24)30-21-12-19-11-20(14-21)15-22(30)13-19/h3-10,16,19-22,30H,11-15,31-32H2,1-2H3. The average molecular weight is 455 g/mol. The average Bonchev–Trinajstić information content (AvgIpc) is 2.79. The fraction of sp³-hybridized carbons (Fsp3) is 0.400. The lowest BCUT2D eigenvalue weighted by Crippen LogP contribution is -2.43. The zero-order valence-corrected chi connectivity index (χ0v) is 20.1. The van der Waals surface area contributed by atoms with Crippen molar-refractivity contribution in [3.05, 3.63) is 71.3 Å². The second-order valence-corrected chi connectivity index (χ2v) is 10.9. The number of hydrogen-bond donors (Lipinski definition) is 2. The predicted molar refractivity (Wildman–Crippen MR) is 138 cm³/mol. The zero-order chi connectivity index (χ0) is 23.4. The van der Waals surface area contributed by atoms with E-state index in [9.17, 15) is 0 Å². The van der Waals surface area contributed by atoms with E-state index in [1.807, 2.05) is 50.2 Å². The minimum atomic E-state index is 0.575. The Hall–Kier alpha value is -3.14. The molecule has 4 aliphatic carbocycles. The molecule has 4 nitrogen and oxygen atoms in total. The lowest BCUT2D eigenvalue weighted by Gasteiger charge is -2.54. The molecule has 0 aliphatic heterocycles. The highest BCUT2D eigenvalue weighted by Gasteiger charge is 2.49. The number of rotatable bonds is 5. The molecule has 4 saturated carbocycles. The summed E-state index contributed by atoms with van der Waals surface area (Å²) in [6, 6.07) is 18.1. The molecule has 4 N–H and O–H groups in total. The Morgan fingerprint density at radius 2 is 1.12 bits per heavy atom. The summed E-state index contributed by atoms with van der Waals surface area (Å²) in [6.07, 6.45) is 6.96. The fourth-order valence-electron chi connectivity index (χ4n) is 7.06. The van der Waals surface area contributed by atoms with Gasteiger partial charge in [-0.3, -0.25) is 0 Å². The van der Waals surface area contributed by atoms with Gasteiger partial charge in [0.2, 0.25) is 0 Å². The van der Waals surface area contributed by atoms with Crippen LogP contribution < -0.4 is 20.9 Å². The number of benzene rings is 3. The summed E-state index contributed by atoms with van der Waals surface area (Å²) in [6.45, 7) is 4.01. The Morgan fingerprint density at radius 1 is 0.618 bits per heavy atom. The van der Waals surface area contributed by atoms with Gasteiger partial charge in [-0.25, -0.2) is 0 Å². The van der Waals surface area contributed by atoms with Gasteiger partial charge in [0, 0.05) is 17.4 Å². The van der Waals surface area contributed by atoms with Crippen LogP contribution >= 0.6 is 0 Å². The molecule has 0 saturated heterocycles. The maximum atomic E-state index is 6.57. The maximum Gasteiger partial charge on any atom is 0.134 e.